The normalized spacial score (nSPS) is 19.0. The quantitative estimate of drug-likeness (QED) is 0.346. The molecule has 0 saturated carbocycles. The summed E-state index contributed by atoms with van der Waals surface area (Å²) in [4.78, 5) is 9.38. The van der Waals surface area contributed by atoms with Crippen LogP contribution in [0.15, 0.2) is 35.3 Å². The average Bonchev–Trinajstić information content (AvgIpc) is 2.73. The maximum atomic E-state index is 5.37. The van der Waals surface area contributed by atoms with Gasteiger partial charge in [0.25, 0.3) is 0 Å². The average molecular weight is 390 g/mol. The molecule has 1 aromatic carbocycles. The van der Waals surface area contributed by atoms with E-state index in [2.05, 4.69) is 62.8 Å². The lowest BCUT2D eigenvalue weighted by atomic mass is 10.0. The van der Waals surface area contributed by atoms with Gasteiger partial charge in [-0.3, -0.25) is 9.89 Å². The summed E-state index contributed by atoms with van der Waals surface area (Å²) in [6, 6.07) is 11.4. The SMILES string of the molecule is CCOCCCCNC(=NC)NCCCN1CCN(C)CC1c1ccccc1. The molecule has 158 valence electrons. The maximum Gasteiger partial charge on any atom is 0.190 e. The van der Waals surface area contributed by atoms with Crippen molar-refractivity contribution in [1.29, 1.82) is 0 Å². The molecule has 1 aromatic rings. The third-order valence-electron chi connectivity index (χ3n) is 5.23. The minimum Gasteiger partial charge on any atom is -0.382 e. The van der Waals surface area contributed by atoms with Crippen LogP contribution in [0.3, 0.4) is 0 Å². The Kier molecular flexibility index (Phi) is 10.9. The zero-order valence-electron chi connectivity index (χ0n) is 18.0. The first kappa shape index (κ1) is 22.7. The van der Waals surface area contributed by atoms with E-state index in [0.29, 0.717) is 6.04 Å². The van der Waals surface area contributed by atoms with Crippen LogP contribution in [0.1, 0.15) is 37.8 Å². The molecule has 0 amide bonds. The van der Waals surface area contributed by atoms with Gasteiger partial charge in [0.1, 0.15) is 0 Å². The number of likely N-dealkylation sites (N-methyl/N-ethyl adjacent to an activating group) is 1. The van der Waals surface area contributed by atoms with Gasteiger partial charge in [0, 0.05) is 65.6 Å². The van der Waals surface area contributed by atoms with E-state index in [1.807, 2.05) is 14.0 Å². The van der Waals surface area contributed by atoms with E-state index in [1.54, 1.807) is 0 Å². The van der Waals surface area contributed by atoms with Gasteiger partial charge in [0.2, 0.25) is 0 Å². The predicted molar refractivity (Wildman–Crippen MR) is 118 cm³/mol. The molecule has 0 aliphatic carbocycles. The maximum absolute atomic E-state index is 5.37. The lowest BCUT2D eigenvalue weighted by Gasteiger charge is -2.40. The molecule has 1 aliphatic heterocycles. The van der Waals surface area contributed by atoms with Crippen molar-refractivity contribution in [2.24, 2.45) is 4.99 Å². The van der Waals surface area contributed by atoms with Crippen LogP contribution in [0.2, 0.25) is 0 Å². The van der Waals surface area contributed by atoms with Crippen LogP contribution in [0.25, 0.3) is 0 Å². The summed E-state index contributed by atoms with van der Waals surface area (Å²) in [5, 5.41) is 6.83. The summed E-state index contributed by atoms with van der Waals surface area (Å²) in [6.07, 6.45) is 3.29. The highest BCUT2D eigenvalue weighted by Crippen LogP contribution is 2.24. The fraction of sp³-hybridized carbons (Fsp3) is 0.682. The number of nitrogens with zero attached hydrogens (tertiary/aromatic N) is 3. The predicted octanol–water partition coefficient (Wildman–Crippen LogP) is 2.35. The van der Waals surface area contributed by atoms with Crippen molar-refractivity contribution >= 4 is 5.96 Å². The van der Waals surface area contributed by atoms with E-state index < -0.39 is 0 Å². The van der Waals surface area contributed by atoms with Crippen LogP contribution in [-0.4, -0.2) is 82.3 Å². The summed E-state index contributed by atoms with van der Waals surface area (Å²) in [7, 11) is 4.06. The number of benzene rings is 1. The second kappa shape index (κ2) is 13.5. The molecule has 0 aromatic heterocycles. The molecule has 1 unspecified atom stereocenters. The van der Waals surface area contributed by atoms with Crippen molar-refractivity contribution < 1.29 is 4.74 Å². The van der Waals surface area contributed by atoms with Crippen molar-refractivity contribution in [1.82, 2.24) is 20.4 Å². The van der Waals surface area contributed by atoms with Crippen LogP contribution in [0.4, 0.5) is 0 Å². The molecule has 0 radical (unpaired) electrons. The summed E-state index contributed by atoms with van der Waals surface area (Å²) in [6.45, 7) is 10.0. The third-order valence-corrected chi connectivity index (χ3v) is 5.23. The van der Waals surface area contributed by atoms with Gasteiger partial charge in [-0.15, -0.1) is 0 Å². The smallest absolute Gasteiger partial charge is 0.190 e. The van der Waals surface area contributed by atoms with Crippen molar-refractivity contribution in [2.45, 2.75) is 32.2 Å². The first-order chi connectivity index (χ1) is 13.7. The van der Waals surface area contributed by atoms with Crippen LogP contribution in [0, 0.1) is 0 Å². The van der Waals surface area contributed by atoms with Gasteiger partial charge >= 0.3 is 0 Å². The fourth-order valence-corrected chi connectivity index (χ4v) is 3.61. The second-order valence-corrected chi connectivity index (χ2v) is 7.41. The Morgan fingerprint density at radius 3 is 2.57 bits per heavy atom. The Hall–Kier alpha value is -1.63. The Morgan fingerprint density at radius 2 is 1.86 bits per heavy atom. The lowest BCUT2D eigenvalue weighted by molar-refractivity contribution is 0.0891. The van der Waals surface area contributed by atoms with E-state index in [9.17, 15) is 0 Å². The Bertz CT molecular complexity index is 551. The highest BCUT2D eigenvalue weighted by Gasteiger charge is 2.25. The van der Waals surface area contributed by atoms with E-state index in [-0.39, 0.29) is 0 Å². The summed E-state index contributed by atoms with van der Waals surface area (Å²) < 4.78 is 5.37. The molecule has 2 rings (SSSR count). The Labute approximate surface area is 171 Å². The number of rotatable bonds is 11. The molecule has 28 heavy (non-hydrogen) atoms. The summed E-state index contributed by atoms with van der Waals surface area (Å²) in [5.74, 6) is 0.898. The van der Waals surface area contributed by atoms with Gasteiger partial charge in [-0.05, 0) is 38.8 Å². The standard InChI is InChI=1S/C22H39N5O/c1-4-28-18-9-8-13-24-22(23-2)25-14-10-15-27-17-16-26(3)19-21(27)20-11-6-5-7-12-20/h5-7,11-12,21H,4,8-10,13-19H2,1-3H3,(H2,23,24,25). The molecule has 0 bridgehead atoms. The zero-order chi connectivity index (χ0) is 20.0. The third kappa shape index (κ3) is 8.17. The topological polar surface area (TPSA) is 52.1 Å². The number of piperazine rings is 1. The largest absolute Gasteiger partial charge is 0.382 e. The molecule has 6 nitrogen and oxygen atoms in total. The van der Waals surface area contributed by atoms with Gasteiger partial charge in [0.05, 0.1) is 0 Å². The molecule has 1 heterocycles. The van der Waals surface area contributed by atoms with Gasteiger partial charge in [-0.2, -0.15) is 0 Å². The second-order valence-electron chi connectivity index (χ2n) is 7.41. The monoisotopic (exact) mass is 389 g/mol. The van der Waals surface area contributed by atoms with Gasteiger partial charge in [-0.1, -0.05) is 30.3 Å². The molecule has 2 N–H and O–H groups in total. The molecular formula is C22H39N5O. The highest BCUT2D eigenvalue weighted by molar-refractivity contribution is 5.79. The number of hydrogen-bond acceptors (Lipinski definition) is 4. The van der Waals surface area contributed by atoms with Crippen molar-refractivity contribution in [3.63, 3.8) is 0 Å². The summed E-state index contributed by atoms with van der Waals surface area (Å²) >= 11 is 0. The molecule has 1 atom stereocenters. The molecular weight excluding hydrogens is 350 g/mol. The van der Waals surface area contributed by atoms with Crippen molar-refractivity contribution in [2.75, 3.05) is 66.6 Å². The van der Waals surface area contributed by atoms with Gasteiger partial charge in [0.15, 0.2) is 5.96 Å². The minimum absolute atomic E-state index is 0.489. The molecule has 1 aliphatic rings. The summed E-state index contributed by atoms with van der Waals surface area (Å²) in [5.41, 5.74) is 1.42. The molecule has 1 fully saturated rings. The lowest BCUT2D eigenvalue weighted by Crippen LogP contribution is -2.47. The molecule has 1 saturated heterocycles. The highest BCUT2D eigenvalue weighted by atomic mass is 16.5. The first-order valence-corrected chi connectivity index (χ1v) is 10.7. The van der Waals surface area contributed by atoms with Crippen LogP contribution >= 0.6 is 0 Å². The molecule has 6 heteroatoms. The van der Waals surface area contributed by atoms with Crippen LogP contribution in [0.5, 0.6) is 0 Å². The Balaban J connectivity index is 1.67. The number of aliphatic imine (C=N–C) groups is 1. The van der Waals surface area contributed by atoms with Gasteiger partial charge < -0.3 is 20.3 Å². The number of nitrogens with one attached hydrogen (secondary N) is 2. The number of hydrogen-bond donors (Lipinski definition) is 2. The van der Waals surface area contributed by atoms with E-state index in [1.165, 1.54) is 5.56 Å². The van der Waals surface area contributed by atoms with Crippen LogP contribution in [-0.2, 0) is 4.74 Å². The zero-order valence-corrected chi connectivity index (χ0v) is 18.0. The van der Waals surface area contributed by atoms with E-state index in [4.69, 9.17) is 4.74 Å². The van der Waals surface area contributed by atoms with Crippen molar-refractivity contribution in [3.8, 4) is 0 Å². The van der Waals surface area contributed by atoms with Crippen molar-refractivity contribution in [3.05, 3.63) is 35.9 Å². The van der Waals surface area contributed by atoms with Crippen LogP contribution < -0.4 is 10.6 Å². The minimum atomic E-state index is 0.489. The first-order valence-electron chi connectivity index (χ1n) is 10.7. The van der Waals surface area contributed by atoms with Gasteiger partial charge in [-0.25, -0.2) is 0 Å². The number of guanidine groups is 1. The fourth-order valence-electron chi connectivity index (χ4n) is 3.61. The number of unbranched alkanes of at least 4 members (excludes halogenated alkanes) is 1. The number of ether oxygens (including phenoxy) is 1. The van der Waals surface area contributed by atoms with E-state index >= 15 is 0 Å². The van der Waals surface area contributed by atoms with E-state index in [0.717, 1.165) is 77.7 Å². The Morgan fingerprint density at radius 1 is 1.11 bits per heavy atom. The molecule has 0 spiro atoms.